The van der Waals surface area contributed by atoms with Crippen LogP contribution in [0.25, 0.3) is 11.0 Å². The van der Waals surface area contributed by atoms with Gasteiger partial charge < -0.3 is 5.11 Å². The summed E-state index contributed by atoms with van der Waals surface area (Å²) in [6.45, 7) is 0. The van der Waals surface area contributed by atoms with Gasteiger partial charge in [-0.15, -0.1) is 0 Å². The average molecular weight is 256 g/mol. The van der Waals surface area contributed by atoms with E-state index < -0.39 is 5.97 Å². The lowest BCUT2D eigenvalue weighted by Crippen LogP contribution is -1.99. The van der Waals surface area contributed by atoms with Gasteiger partial charge in [0.15, 0.2) is 5.69 Å². The predicted molar refractivity (Wildman–Crippen MR) is 53.2 cm³/mol. The predicted octanol–water partition coefficient (Wildman–Crippen LogP) is 1.43. The molecule has 0 amide bonds. The van der Waals surface area contributed by atoms with Crippen LogP contribution in [0.3, 0.4) is 0 Å². The topological polar surface area (TPSA) is 68.0 Å². The van der Waals surface area contributed by atoms with Crippen LogP contribution in [0.1, 0.15) is 10.5 Å². The van der Waals surface area contributed by atoms with Crippen LogP contribution in [0.2, 0.25) is 0 Å². The zero-order chi connectivity index (χ0) is 10.3. The van der Waals surface area contributed by atoms with Gasteiger partial charge in [0, 0.05) is 17.7 Å². The highest BCUT2D eigenvalue weighted by molar-refractivity contribution is 9.10. The van der Waals surface area contributed by atoms with E-state index in [2.05, 4.69) is 26.0 Å². The van der Waals surface area contributed by atoms with E-state index in [1.807, 2.05) is 0 Å². The molecule has 2 aromatic rings. The van der Waals surface area contributed by atoms with Crippen LogP contribution in [0.4, 0.5) is 0 Å². The number of pyridine rings is 1. The van der Waals surface area contributed by atoms with Crippen LogP contribution in [0, 0.1) is 0 Å². The third-order valence-electron chi connectivity index (χ3n) is 1.88. The summed E-state index contributed by atoms with van der Waals surface area (Å²) >= 11 is 3.32. The van der Waals surface area contributed by atoms with E-state index in [1.165, 1.54) is 4.68 Å². The van der Waals surface area contributed by atoms with E-state index in [-0.39, 0.29) is 5.69 Å². The molecule has 1 N–H and O–H groups in total. The van der Waals surface area contributed by atoms with E-state index in [0.717, 1.165) is 4.47 Å². The van der Waals surface area contributed by atoms with Gasteiger partial charge >= 0.3 is 5.97 Å². The zero-order valence-electron chi connectivity index (χ0n) is 7.23. The first-order valence-electron chi connectivity index (χ1n) is 3.81. The number of aromatic carboxylic acids is 1. The number of nitrogens with zero attached hydrogens (tertiary/aromatic N) is 3. The van der Waals surface area contributed by atoms with Gasteiger partial charge in [-0.05, 0) is 22.0 Å². The Hall–Kier alpha value is -1.43. The number of hydrogen-bond acceptors (Lipinski definition) is 3. The highest BCUT2D eigenvalue weighted by atomic mass is 79.9. The number of carboxylic acid groups (broad SMARTS) is 1. The molecule has 14 heavy (non-hydrogen) atoms. The van der Waals surface area contributed by atoms with Crippen LogP contribution in [0.15, 0.2) is 16.7 Å². The maximum atomic E-state index is 10.8. The summed E-state index contributed by atoms with van der Waals surface area (Å²) in [6, 6.07) is 1.75. The Kier molecular flexibility index (Phi) is 1.99. The van der Waals surface area contributed by atoms with E-state index >= 15 is 0 Å². The lowest BCUT2D eigenvalue weighted by molar-refractivity contribution is 0.0691. The number of aromatic nitrogens is 3. The van der Waals surface area contributed by atoms with Crippen molar-refractivity contribution in [3.63, 3.8) is 0 Å². The molecule has 0 aliphatic heterocycles. The van der Waals surface area contributed by atoms with Crippen LogP contribution < -0.4 is 0 Å². The Bertz CT molecular complexity index is 521. The third kappa shape index (κ3) is 1.19. The molecule has 0 fully saturated rings. The quantitative estimate of drug-likeness (QED) is 0.837. The minimum atomic E-state index is -1.07. The Morgan fingerprint density at radius 1 is 1.64 bits per heavy atom. The van der Waals surface area contributed by atoms with Crippen molar-refractivity contribution in [3.05, 3.63) is 22.4 Å². The van der Waals surface area contributed by atoms with Crippen molar-refractivity contribution >= 4 is 32.9 Å². The molecular weight excluding hydrogens is 250 g/mol. The molecular formula is C8H6BrN3O2. The average Bonchev–Trinajstić information content (AvgIpc) is 2.45. The molecule has 72 valence electrons. The molecule has 0 saturated carbocycles. The highest BCUT2D eigenvalue weighted by Crippen LogP contribution is 2.23. The summed E-state index contributed by atoms with van der Waals surface area (Å²) in [5.41, 5.74) is 1.06. The normalized spacial score (nSPS) is 10.7. The number of aryl methyl sites for hydroxylation is 1. The van der Waals surface area contributed by atoms with Crippen molar-refractivity contribution in [1.29, 1.82) is 0 Å². The SMILES string of the molecule is Cn1nc(C(=O)O)c2nccc(Br)c21. The van der Waals surface area contributed by atoms with Gasteiger partial charge in [0.2, 0.25) is 0 Å². The first-order valence-corrected chi connectivity index (χ1v) is 4.61. The first-order chi connectivity index (χ1) is 6.61. The van der Waals surface area contributed by atoms with Gasteiger partial charge in [0.05, 0.1) is 0 Å². The van der Waals surface area contributed by atoms with Crippen molar-refractivity contribution < 1.29 is 9.90 Å². The minimum Gasteiger partial charge on any atom is -0.476 e. The summed E-state index contributed by atoms with van der Waals surface area (Å²) in [6.07, 6.45) is 1.54. The second-order valence-electron chi connectivity index (χ2n) is 2.77. The standard InChI is InChI=1S/C8H6BrN3O2/c1-12-7-4(9)2-3-10-5(7)6(11-12)8(13)14/h2-3H,1H3,(H,13,14). The minimum absolute atomic E-state index is 0.0243. The maximum absolute atomic E-state index is 10.8. The highest BCUT2D eigenvalue weighted by Gasteiger charge is 2.17. The summed E-state index contributed by atoms with van der Waals surface area (Å²) in [4.78, 5) is 14.8. The Balaban J connectivity index is 2.91. The first kappa shape index (κ1) is 9.14. The van der Waals surface area contributed by atoms with Gasteiger partial charge in [-0.2, -0.15) is 5.10 Å². The number of carboxylic acids is 1. The van der Waals surface area contributed by atoms with Gasteiger partial charge in [-0.3, -0.25) is 9.67 Å². The monoisotopic (exact) mass is 255 g/mol. The number of fused-ring (bicyclic) bond motifs is 1. The molecule has 0 aliphatic carbocycles. The van der Waals surface area contributed by atoms with Gasteiger partial charge in [-0.25, -0.2) is 4.79 Å². The van der Waals surface area contributed by atoms with Gasteiger partial charge in [0.1, 0.15) is 11.0 Å². The van der Waals surface area contributed by atoms with E-state index in [1.54, 1.807) is 19.3 Å². The molecule has 2 heterocycles. The number of hydrogen-bond donors (Lipinski definition) is 1. The molecule has 2 aromatic heterocycles. The molecule has 0 aromatic carbocycles. The molecule has 0 aliphatic rings. The molecule has 2 rings (SSSR count). The summed E-state index contributed by atoms with van der Waals surface area (Å²) in [5, 5.41) is 12.7. The van der Waals surface area contributed by atoms with E-state index in [4.69, 9.17) is 5.11 Å². The van der Waals surface area contributed by atoms with Crippen LogP contribution in [-0.4, -0.2) is 25.8 Å². The van der Waals surface area contributed by atoms with Crippen molar-refractivity contribution in [2.75, 3.05) is 0 Å². The van der Waals surface area contributed by atoms with Gasteiger partial charge in [-0.1, -0.05) is 0 Å². The van der Waals surface area contributed by atoms with Crippen molar-refractivity contribution in [1.82, 2.24) is 14.8 Å². The van der Waals surface area contributed by atoms with Crippen LogP contribution in [-0.2, 0) is 7.05 Å². The second-order valence-corrected chi connectivity index (χ2v) is 3.62. The van der Waals surface area contributed by atoms with Crippen molar-refractivity contribution in [2.45, 2.75) is 0 Å². The Morgan fingerprint density at radius 3 is 3.00 bits per heavy atom. The fourth-order valence-corrected chi connectivity index (χ4v) is 1.87. The number of carbonyl (C=O) groups is 1. The summed E-state index contributed by atoms with van der Waals surface area (Å²) in [7, 11) is 1.68. The lowest BCUT2D eigenvalue weighted by atomic mass is 10.3. The zero-order valence-corrected chi connectivity index (χ0v) is 8.82. The van der Waals surface area contributed by atoms with E-state index in [0.29, 0.717) is 11.0 Å². The third-order valence-corrected chi connectivity index (χ3v) is 2.52. The number of halogens is 1. The smallest absolute Gasteiger partial charge is 0.358 e. The molecule has 0 bridgehead atoms. The lowest BCUT2D eigenvalue weighted by Gasteiger charge is -1.94. The summed E-state index contributed by atoms with van der Waals surface area (Å²) in [5.74, 6) is -1.07. The molecule has 0 atom stereocenters. The van der Waals surface area contributed by atoms with Gasteiger partial charge in [0.25, 0.3) is 0 Å². The second kappa shape index (κ2) is 3.06. The summed E-state index contributed by atoms with van der Waals surface area (Å²) < 4.78 is 2.28. The molecule has 0 radical (unpaired) electrons. The van der Waals surface area contributed by atoms with Crippen LogP contribution >= 0.6 is 15.9 Å². The fraction of sp³-hybridized carbons (Fsp3) is 0.125. The molecule has 6 heteroatoms. The molecule has 0 unspecified atom stereocenters. The Labute approximate surface area is 87.5 Å². The van der Waals surface area contributed by atoms with E-state index in [9.17, 15) is 4.79 Å². The van der Waals surface area contributed by atoms with Crippen molar-refractivity contribution in [3.8, 4) is 0 Å². The largest absolute Gasteiger partial charge is 0.476 e. The molecule has 0 spiro atoms. The number of rotatable bonds is 1. The maximum Gasteiger partial charge on any atom is 0.358 e. The van der Waals surface area contributed by atoms with Crippen LogP contribution in [0.5, 0.6) is 0 Å². The fourth-order valence-electron chi connectivity index (χ4n) is 1.30. The molecule has 0 saturated heterocycles. The molecule has 5 nitrogen and oxygen atoms in total. The van der Waals surface area contributed by atoms with Crippen molar-refractivity contribution in [2.24, 2.45) is 7.05 Å². The Morgan fingerprint density at radius 2 is 2.36 bits per heavy atom.